The molecule has 1 aliphatic rings. The van der Waals surface area contributed by atoms with Crippen LogP contribution in [0.15, 0.2) is 77.4 Å². The third-order valence-electron chi connectivity index (χ3n) is 5.02. The van der Waals surface area contributed by atoms with Gasteiger partial charge in [0.05, 0.1) is 18.1 Å². The Morgan fingerprint density at radius 3 is 2.55 bits per heavy atom. The zero-order valence-corrected chi connectivity index (χ0v) is 18.5. The van der Waals surface area contributed by atoms with Gasteiger partial charge in [-0.2, -0.15) is 5.26 Å². The fourth-order valence-corrected chi connectivity index (χ4v) is 3.51. The Morgan fingerprint density at radius 1 is 1.15 bits per heavy atom. The van der Waals surface area contributed by atoms with Gasteiger partial charge in [0.25, 0.3) is 5.91 Å². The van der Waals surface area contributed by atoms with Gasteiger partial charge < -0.3 is 25.3 Å². The Bertz CT molecular complexity index is 1130. The summed E-state index contributed by atoms with van der Waals surface area (Å²) in [5, 5.41) is 12.5. The Kier molecular flexibility index (Phi) is 7.71. The normalized spacial score (nSPS) is 15.4. The molecule has 1 atom stereocenters. The number of hydrogen-bond donors (Lipinski definition) is 2. The van der Waals surface area contributed by atoms with E-state index in [0.717, 1.165) is 5.56 Å². The lowest BCUT2D eigenvalue weighted by Gasteiger charge is -2.28. The molecule has 3 rings (SSSR count). The molecule has 2 aromatic carbocycles. The highest BCUT2D eigenvalue weighted by molar-refractivity contribution is 5.92. The average Bonchev–Trinajstić information content (AvgIpc) is 2.82. The number of benzene rings is 2. The second-order valence-electron chi connectivity index (χ2n) is 7.20. The molecule has 0 fully saturated rings. The first-order valence-electron chi connectivity index (χ1n) is 10.4. The van der Waals surface area contributed by atoms with E-state index in [4.69, 9.17) is 19.9 Å². The van der Waals surface area contributed by atoms with E-state index in [0.29, 0.717) is 17.9 Å². The number of ether oxygens (including phenoxy) is 3. The molecule has 3 N–H and O–H groups in total. The monoisotopic (exact) mass is 447 g/mol. The summed E-state index contributed by atoms with van der Waals surface area (Å²) in [6.45, 7) is 3.56. The first-order chi connectivity index (χ1) is 16.0. The van der Waals surface area contributed by atoms with Crippen LogP contribution in [0.4, 0.5) is 0 Å². The maximum Gasteiger partial charge on any atom is 0.338 e. The molecule has 2 aromatic rings. The minimum Gasteiger partial charge on any atom is -0.483 e. The summed E-state index contributed by atoms with van der Waals surface area (Å²) >= 11 is 0. The number of nitrogens with zero attached hydrogens (tertiary/aromatic N) is 1. The quantitative estimate of drug-likeness (QED) is 0.596. The summed E-state index contributed by atoms with van der Waals surface area (Å²) in [6.07, 6.45) is 0. The van der Waals surface area contributed by atoms with Crippen molar-refractivity contribution in [2.75, 3.05) is 13.2 Å². The minimum atomic E-state index is -0.855. The van der Waals surface area contributed by atoms with Crippen LogP contribution in [-0.4, -0.2) is 25.1 Å². The molecule has 0 aromatic heterocycles. The SMILES string of the molecule is CCOC(=O)C1=C(C)OC(N)=C(C#N)C1c1ccccc1OCC(=O)NCc1ccccc1. The molecule has 0 saturated carbocycles. The summed E-state index contributed by atoms with van der Waals surface area (Å²) < 4.78 is 16.4. The van der Waals surface area contributed by atoms with E-state index in [9.17, 15) is 14.9 Å². The fraction of sp³-hybridized carbons (Fsp3) is 0.240. The molecular formula is C25H25N3O5. The molecule has 8 heteroatoms. The predicted molar refractivity (Wildman–Crippen MR) is 120 cm³/mol. The maximum atomic E-state index is 12.7. The summed E-state index contributed by atoms with van der Waals surface area (Å²) in [4.78, 5) is 25.1. The number of nitrogens with one attached hydrogen (secondary N) is 1. The van der Waals surface area contributed by atoms with Crippen LogP contribution >= 0.6 is 0 Å². The van der Waals surface area contributed by atoms with Crippen molar-refractivity contribution in [1.29, 1.82) is 5.26 Å². The molecule has 0 radical (unpaired) electrons. The number of rotatable bonds is 8. The van der Waals surface area contributed by atoms with Gasteiger partial charge in [0.2, 0.25) is 5.88 Å². The number of hydrogen-bond acceptors (Lipinski definition) is 7. The largest absolute Gasteiger partial charge is 0.483 e. The van der Waals surface area contributed by atoms with Gasteiger partial charge in [-0.15, -0.1) is 0 Å². The highest BCUT2D eigenvalue weighted by atomic mass is 16.5. The Balaban J connectivity index is 1.84. The van der Waals surface area contributed by atoms with Crippen molar-refractivity contribution < 1.29 is 23.8 Å². The zero-order chi connectivity index (χ0) is 23.8. The first-order valence-corrected chi connectivity index (χ1v) is 10.4. The standard InChI is InChI=1S/C25H25N3O5/c1-3-31-25(30)22-16(2)33-24(27)19(13-26)23(22)18-11-7-8-12-20(18)32-15-21(29)28-14-17-9-5-4-6-10-17/h4-12,23H,3,14-15,27H2,1-2H3,(H,28,29). The molecular weight excluding hydrogens is 422 g/mol. The van der Waals surface area contributed by atoms with Gasteiger partial charge in [0.1, 0.15) is 23.2 Å². The van der Waals surface area contributed by atoms with Gasteiger partial charge in [0, 0.05) is 12.1 Å². The van der Waals surface area contributed by atoms with Gasteiger partial charge >= 0.3 is 5.97 Å². The molecule has 33 heavy (non-hydrogen) atoms. The molecule has 0 bridgehead atoms. The topological polar surface area (TPSA) is 124 Å². The number of nitrogens with two attached hydrogens (primary N) is 1. The Labute approximate surface area is 192 Å². The second-order valence-corrected chi connectivity index (χ2v) is 7.20. The van der Waals surface area contributed by atoms with E-state index in [1.54, 1.807) is 38.1 Å². The maximum absolute atomic E-state index is 12.7. The summed E-state index contributed by atoms with van der Waals surface area (Å²) in [6, 6.07) is 18.4. The highest BCUT2D eigenvalue weighted by Gasteiger charge is 2.37. The Morgan fingerprint density at radius 2 is 1.85 bits per heavy atom. The Hall–Kier alpha value is -4.25. The fourth-order valence-electron chi connectivity index (χ4n) is 3.51. The van der Waals surface area contributed by atoms with Crippen molar-refractivity contribution in [3.63, 3.8) is 0 Å². The first kappa shape index (κ1) is 23.4. The highest BCUT2D eigenvalue weighted by Crippen LogP contribution is 2.42. The molecule has 1 amide bonds. The van der Waals surface area contributed by atoms with Gasteiger partial charge in [-0.1, -0.05) is 48.5 Å². The number of carbonyl (C=O) groups is 2. The van der Waals surface area contributed by atoms with Crippen molar-refractivity contribution in [1.82, 2.24) is 5.32 Å². The van der Waals surface area contributed by atoms with Gasteiger partial charge in [0.15, 0.2) is 6.61 Å². The summed E-state index contributed by atoms with van der Waals surface area (Å²) in [5.41, 5.74) is 7.64. The molecule has 170 valence electrons. The van der Waals surface area contributed by atoms with Crippen LogP contribution in [0.1, 0.15) is 30.9 Å². The van der Waals surface area contributed by atoms with Crippen LogP contribution in [-0.2, 0) is 25.6 Å². The molecule has 1 heterocycles. The van der Waals surface area contributed by atoms with E-state index in [1.165, 1.54) is 0 Å². The third kappa shape index (κ3) is 5.52. The number of esters is 1. The van der Waals surface area contributed by atoms with E-state index < -0.39 is 11.9 Å². The average molecular weight is 447 g/mol. The van der Waals surface area contributed by atoms with Gasteiger partial charge in [-0.25, -0.2) is 4.79 Å². The van der Waals surface area contributed by atoms with Gasteiger partial charge in [-0.05, 0) is 25.5 Å². The van der Waals surface area contributed by atoms with Crippen molar-refractivity contribution in [2.45, 2.75) is 26.3 Å². The van der Waals surface area contributed by atoms with Crippen molar-refractivity contribution in [2.24, 2.45) is 5.73 Å². The molecule has 0 saturated heterocycles. The van der Waals surface area contributed by atoms with Crippen molar-refractivity contribution >= 4 is 11.9 Å². The van der Waals surface area contributed by atoms with Crippen LogP contribution in [0.3, 0.4) is 0 Å². The van der Waals surface area contributed by atoms with Crippen LogP contribution in [0.5, 0.6) is 5.75 Å². The van der Waals surface area contributed by atoms with Crippen LogP contribution in [0.2, 0.25) is 0 Å². The molecule has 1 aliphatic heterocycles. The molecule has 0 aliphatic carbocycles. The van der Waals surface area contributed by atoms with E-state index in [1.807, 2.05) is 36.4 Å². The van der Waals surface area contributed by atoms with E-state index in [2.05, 4.69) is 5.32 Å². The second kappa shape index (κ2) is 10.9. The molecule has 0 spiro atoms. The lowest BCUT2D eigenvalue weighted by molar-refractivity contribution is -0.139. The molecule has 1 unspecified atom stereocenters. The number of para-hydroxylation sites is 1. The number of allylic oxidation sites excluding steroid dienone is 2. The number of amides is 1. The lowest BCUT2D eigenvalue weighted by Crippen LogP contribution is -2.29. The lowest BCUT2D eigenvalue weighted by atomic mass is 9.82. The zero-order valence-electron chi connectivity index (χ0n) is 18.5. The van der Waals surface area contributed by atoms with Crippen LogP contribution in [0, 0.1) is 11.3 Å². The number of nitriles is 1. The molecule has 8 nitrogen and oxygen atoms in total. The van der Waals surface area contributed by atoms with Crippen LogP contribution in [0.25, 0.3) is 0 Å². The summed E-state index contributed by atoms with van der Waals surface area (Å²) in [7, 11) is 0. The van der Waals surface area contributed by atoms with Gasteiger partial charge in [-0.3, -0.25) is 4.79 Å². The smallest absolute Gasteiger partial charge is 0.338 e. The predicted octanol–water partition coefficient (Wildman–Crippen LogP) is 3.03. The van der Waals surface area contributed by atoms with Crippen molar-refractivity contribution in [3.05, 3.63) is 88.5 Å². The van der Waals surface area contributed by atoms with E-state index >= 15 is 0 Å². The third-order valence-corrected chi connectivity index (χ3v) is 5.02. The minimum absolute atomic E-state index is 0.0632. The number of carbonyl (C=O) groups excluding carboxylic acids is 2. The van der Waals surface area contributed by atoms with E-state index in [-0.39, 0.29) is 41.9 Å². The van der Waals surface area contributed by atoms with Crippen molar-refractivity contribution in [3.8, 4) is 11.8 Å². The van der Waals surface area contributed by atoms with Crippen LogP contribution < -0.4 is 15.8 Å². The summed E-state index contributed by atoms with van der Waals surface area (Å²) in [5.74, 6) is -1.29.